The molecule has 0 amide bonds. The Labute approximate surface area is 270 Å². The maximum absolute atomic E-state index is 13.5. The normalized spacial score (nSPS) is 27.9. The zero-order chi connectivity index (χ0) is 32.6. The Morgan fingerprint density at radius 2 is 1.46 bits per heavy atom. The van der Waals surface area contributed by atoms with Crippen LogP contribution in [0.25, 0.3) is 0 Å². The third kappa shape index (κ3) is 4.79. The topological polar surface area (TPSA) is 129 Å². The summed E-state index contributed by atoms with van der Waals surface area (Å²) in [4.78, 5) is 2.24. The number of nitrogens with zero attached hydrogens (tertiary/aromatic N) is 1. The largest absolute Gasteiger partial charge is 0.493 e. The highest BCUT2D eigenvalue weighted by Gasteiger charge is 2.70. The first-order valence-corrected chi connectivity index (χ1v) is 18.3. The molecule has 46 heavy (non-hydrogen) atoms. The minimum absolute atomic E-state index is 0.0311. The van der Waals surface area contributed by atoms with Crippen LogP contribution in [0, 0.1) is 25.2 Å². The van der Waals surface area contributed by atoms with Crippen LogP contribution in [0.1, 0.15) is 35.1 Å². The average Bonchev–Trinajstić information content (AvgIpc) is 3.38. The average molecular weight is 670 g/mol. The molecule has 3 aromatic rings. The van der Waals surface area contributed by atoms with Crippen LogP contribution in [0.15, 0.2) is 70.5 Å². The summed E-state index contributed by atoms with van der Waals surface area (Å²) in [5.41, 5.74) is 1.93. The predicted molar refractivity (Wildman–Crippen MR) is 169 cm³/mol. The van der Waals surface area contributed by atoms with Crippen LogP contribution in [0.4, 0.5) is 0 Å². The summed E-state index contributed by atoms with van der Waals surface area (Å²) >= 11 is 0. The number of rotatable bonds is 9. The zero-order valence-corrected chi connectivity index (χ0v) is 27.9. The van der Waals surface area contributed by atoms with Gasteiger partial charge in [-0.05, 0) is 88.5 Å². The maximum atomic E-state index is 13.5. The molecular weight excluding hydrogens is 631 g/mol. The first-order chi connectivity index (χ1) is 21.8. The predicted octanol–water partition coefficient (Wildman–Crippen LogP) is 3.75. The molecule has 246 valence electrons. The van der Waals surface area contributed by atoms with Gasteiger partial charge in [0.15, 0.2) is 11.5 Å². The van der Waals surface area contributed by atoms with Gasteiger partial charge in [0.05, 0.1) is 30.1 Å². The molecule has 2 aliphatic heterocycles. The van der Waals surface area contributed by atoms with Crippen molar-refractivity contribution in [2.24, 2.45) is 11.3 Å². The number of hydrogen-bond donors (Lipinski definition) is 1. The third-order valence-electron chi connectivity index (χ3n) is 10.8. The number of ether oxygens (including phenoxy) is 2. The van der Waals surface area contributed by atoms with E-state index in [4.69, 9.17) is 17.8 Å². The van der Waals surface area contributed by atoms with E-state index in [1.807, 2.05) is 19.9 Å². The molecule has 3 aromatic carbocycles. The molecule has 2 aliphatic carbocycles. The number of likely N-dealkylation sites (N-methyl/N-ethyl adjacent to an activating group) is 1. The number of aliphatic hydroxyl groups is 1. The van der Waals surface area contributed by atoms with Gasteiger partial charge in [-0.2, -0.15) is 16.8 Å². The van der Waals surface area contributed by atoms with Crippen molar-refractivity contribution in [3.63, 3.8) is 0 Å². The minimum Gasteiger partial charge on any atom is -0.493 e. The van der Waals surface area contributed by atoms with Gasteiger partial charge in [-0.3, -0.25) is 8.37 Å². The summed E-state index contributed by atoms with van der Waals surface area (Å²) in [6, 6.07) is 16.6. The van der Waals surface area contributed by atoms with Crippen LogP contribution >= 0.6 is 0 Å². The van der Waals surface area contributed by atoms with E-state index in [0.29, 0.717) is 17.9 Å². The SMILES string of the molecule is COc1ccc2c3c1O[C@H]1[C@H](O)C(COS(=O)(=O)c4ccc(C)cc4)(COS(=O)(=O)c4ccc(C)cc4)C[C@H]4[C@@H](C2)N(C)CC[C@@]341. The minimum atomic E-state index is -4.27. The molecule has 0 unspecified atom stereocenters. The molecule has 0 aromatic heterocycles. The van der Waals surface area contributed by atoms with E-state index >= 15 is 0 Å². The lowest BCUT2D eigenvalue weighted by Gasteiger charge is -2.62. The summed E-state index contributed by atoms with van der Waals surface area (Å²) in [5, 5.41) is 12.4. The Balaban J connectivity index is 1.31. The van der Waals surface area contributed by atoms with Gasteiger partial charge >= 0.3 is 0 Å². The fraction of sp³-hybridized carbons (Fsp3) is 0.471. The van der Waals surface area contributed by atoms with Gasteiger partial charge in [0, 0.05) is 22.4 Å². The number of aliphatic hydroxyl groups excluding tert-OH is 1. The summed E-state index contributed by atoms with van der Waals surface area (Å²) in [5.74, 6) is 1.04. The Hall–Kier alpha value is -3.00. The van der Waals surface area contributed by atoms with Crippen molar-refractivity contribution in [1.82, 2.24) is 4.90 Å². The third-order valence-corrected chi connectivity index (χ3v) is 13.4. The summed E-state index contributed by atoms with van der Waals surface area (Å²) in [7, 11) is -4.88. The molecule has 2 heterocycles. The molecule has 5 atom stereocenters. The highest BCUT2D eigenvalue weighted by molar-refractivity contribution is 7.87. The van der Waals surface area contributed by atoms with Gasteiger partial charge < -0.3 is 19.5 Å². The second-order valence-electron chi connectivity index (χ2n) is 13.4. The molecule has 7 rings (SSSR count). The fourth-order valence-electron chi connectivity index (χ4n) is 8.30. The second-order valence-corrected chi connectivity index (χ2v) is 16.6. The zero-order valence-electron chi connectivity index (χ0n) is 26.3. The standard InChI is InChI=1S/C34H39NO9S2/c1-21-5-10-24(11-6-21)45(37,38)42-19-33(20-43-46(39,40)25-12-7-22(2)8-13-25)18-26-27-17-23-9-14-28(41-4)30-29(23)34(26,15-16-35(27)3)32(44-30)31(33)36/h5-14,26-27,31-32,36H,15-20H2,1-4H3/t26-,27+,31-,32-,34-/m0/s1. The van der Waals surface area contributed by atoms with Gasteiger partial charge in [-0.1, -0.05) is 41.5 Å². The first-order valence-electron chi connectivity index (χ1n) is 15.5. The fourth-order valence-corrected chi connectivity index (χ4v) is 10.3. The molecule has 1 spiro atoms. The van der Waals surface area contributed by atoms with Gasteiger partial charge in [-0.25, -0.2) is 0 Å². The van der Waals surface area contributed by atoms with Crippen molar-refractivity contribution in [2.45, 2.75) is 66.6 Å². The molecule has 1 N–H and O–H groups in total. The van der Waals surface area contributed by atoms with Gasteiger partial charge in [-0.15, -0.1) is 0 Å². The molecular formula is C34H39NO9S2. The van der Waals surface area contributed by atoms with Crippen LogP contribution in [0.3, 0.4) is 0 Å². The number of hydrogen-bond acceptors (Lipinski definition) is 10. The van der Waals surface area contributed by atoms with E-state index < -0.39 is 56.5 Å². The van der Waals surface area contributed by atoms with Gasteiger partial charge in [0.2, 0.25) is 0 Å². The van der Waals surface area contributed by atoms with E-state index in [2.05, 4.69) is 18.0 Å². The smallest absolute Gasteiger partial charge is 0.296 e. The Kier molecular flexibility index (Phi) is 7.58. The van der Waals surface area contributed by atoms with Gasteiger partial charge in [0.1, 0.15) is 12.2 Å². The Morgan fingerprint density at radius 3 is 2.00 bits per heavy atom. The van der Waals surface area contributed by atoms with Crippen LogP contribution in [0.2, 0.25) is 0 Å². The Morgan fingerprint density at radius 1 is 0.891 bits per heavy atom. The highest BCUT2D eigenvalue weighted by atomic mass is 32.2. The molecule has 1 saturated carbocycles. The van der Waals surface area contributed by atoms with E-state index in [9.17, 15) is 21.9 Å². The summed E-state index contributed by atoms with van der Waals surface area (Å²) in [6.45, 7) is 3.48. The lowest BCUT2D eigenvalue weighted by atomic mass is 9.47. The maximum Gasteiger partial charge on any atom is 0.296 e. The van der Waals surface area contributed by atoms with E-state index in [1.165, 1.54) is 24.3 Å². The monoisotopic (exact) mass is 669 g/mol. The number of piperidine rings is 1. The van der Waals surface area contributed by atoms with Crippen molar-refractivity contribution >= 4 is 20.2 Å². The number of aryl methyl sites for hydroxylation is 2. The lowest BCUT2D eigenvalue weighted by Crippen LogP contribution is -2.71. The van der Waals surface area contributed by atoms with Crippen molar-refractivity contribution in [1.29, 1.82) is 0 Å². The van der Waals surface area contributed by atoms with Crippen LogP contribution in [0.5, 0.6) is 11.5 Å². The van der Waals surface area contributed by atoms with E-state index in [-0.39, 0.29) is 28.2 Å². The van der Waals surface area contributed by atoms with Crippen molar-refractivity contribution in [3.05, 3.63) is 82.9 Å². The van der Waals surface area contributed by atoms with Crippen molar-refractivity contribution in [2.75, 3.05) is 33.9 Å². The van der Waals surface area contributed by atoms with Crippen LogP contribution in [-0.2, 0) is 40.4 Å². The summed E-state index contributed by atoms with van der Waals surface area (Å²) in [6.07, 6.45) is -0.448. The second kappa shape index (κ2) is 11.0. The molecule has 10 nitrogen and oxygen atoms in total. The van der Waals surface area contributed by atoms with Crippen LogP contribution < -0.4 is 9.47 Å². The number of methoxy groups -OCH3 is 1. The molecule has 12 heteroatoms. The quantitative estimate of drug-likeness (QED) is 0.337. The number of likely N-dealkylation sites (tertiary alicyclic amines) is 1. The van der Waals surface area contributed by atoms with E-state index in [1.54, 1.807) is 31.4 Å². The van der Waals surface area contributed by atoms with Gasteiger partial charge in [0.25, 0.3) is 20.2 Å². The number of benzene rings is 3. The van der Waals surface area contributed by atoms with Crippen molar-refractivity contribution in [3.8, 4) is 11.5 Å². The lowest BCUT2D eigenvalue weighted by molar-refractivity contribution is -0.182. The van der Waals surface area contributed by atoms with E-state index in [0.717, 1.165) is 35.2 Å². The first kappa shape index (κ1) is 31.6. The molecule has 0 radical (unpaired) electrons. The van der Waals surface area contributed by atoms with Crippen molar-refractivity contribution < 1.29 is 39.8 Å². The molecule has 4 aliphatic rings. The molecule has 1 saturated heterocycles. The van der Waals surface area contributed by atoms with Crippen LogP contribution in [-0.4, -0.2) is 79.0 Å². The summed E-state index contributed by atoms with van der Waals surface area (Å²) < 4.78 is 77.7. The Bertz CT molecular complexity index is 1800. The highest BCUT2D eigenvalue weighted by Crippen LogP contribution is 2.66. The molecule has 2 fully saturated rings. The molecule has 2 bridgehead atoms.